The van der Waals surface area contributed by atoms with Crippen molar-refractivity contribution in [3.8, 4) is 11.5 Å². The van der Waals surface area contributed by atoms with E-state index in [1.165, 1.54) is 12.1 Å². The Balaban J connectivity index is 1.51. The van der Waals surface area contributed by atoms with Crippen LogP contribution < -0.4 is 10.6 Å². The lowest BCUT2D eigenvalue weighted by Gasteiger charge is -2.10. The Labute approximate surface area is 211 Å². The Hall–Kier alpha value is -1.91. The van der Waals surface area contributed by atoms with Crippen molar-refractivity contribution in [1.29, 1.82) is 0 Å². The number of hydrogen-bond acceptors (Lipinski definition) is 4. The van der Waals surface area contributed by atoms with E-state index in [-0.39, 0.29) is 15.7 Å². The van der Waals surface area contributed by atoms with Crippen molar-refractivity contribution in [2.75, 3.05) is 5.32 Å². The highest BCUT2D eigenvalue weighted by molar-refractivity contribution is 14.1. The monoisotopic (exact) mass is 601 g/mol. The predicted molar refractivity (Wildman–Crippen MR) is 137 cm³/mol. The van der Waals surface area contributed by atoms with E-state index < -0.39 is 5.91 Å². The van der Waals surface area contributed by atoms with Gasteiger partial charge in [0.15, 0.2) is 10.7 Å². The summed E-state index contributed by atoms with van der Waals surface area (Å²) in [5.74, 6) is -0.0267. The number of nitrogens with zero attached hydrogens (tertiary/aromatic N) is 1. The fourth-order valence-electron chi connectivity index (χ4n) is 2.79. The van der Waals surface area contributed by atoms with Crippen molar-refractivity contribution in [1.82, 2.24) is 10.3 Å². The second kappa shape index (κ2) is 9.30. The van der Waals surface area contributed by atoms with Gasteiger partial charge in [-0.15, -0.1) is 0 Å². The second-order valence-electron chi connectivity index (χ2n) is 6.36. The molecule has 0 aliphatic heterocycles. The summed E-state index contributed by atoms with van der Waals surface area (Å²) < 4.78 is 6.86. The molecule has 0 unspecified atom stereocenters. The van der Waals surface area contributed by atoms with Crippen LogP contribution in [0, 0.1) is 3.57 Å². The number of carbonyl (C=O) groups excluding carboxylic acids is 1. The summed E-state index contributed by atoms with van der Waals surface area (Å²) in [6.45, 7) is 0. The lowest BCUT2D eigenvalue weighted by atomic mass is 10.2. The number of benzene rings is 3. The van der Waals surface area contributed by atoms with Crippen molar-refractivity contribution < 1.29 is 9.21 Å². The molecule has 0 fully saturated rings. The molecule has 4 aromatic rings. The average Bonchev–Trinajstić information content (AvgIpc) is 3.12. The molecule has 156 valence electrons. The van der Waals surface area contributed by atoms with Crippen LogP contribution in [-0.4, -0.2) is 16.0 Å². The van der Waals surface area contributed by atoms with Gasteiger partial charge in [-0.3, -0.25) is 10.1 Å². The number of hydrogen-bond donors (Lipinski definition) is 2. The van der Waals surface area contributed by atoms with Gasteiger partial charge in [0.1, 0.15) is 5.52 Å². The predicted octanol–water partition coefficient (Wildman–Crippen LogP) is 7.19. The topological polar surface area (TPSA) is 67.2 Å². The summed E-state index contributed by atoms with van der Waals surface area (Å²) in [6.07, 6.45) is 0. The second-order valence-corrected chi connectivity index (χ2v) is 9.26. The number of oxazole rings is 1. The molecule has 0 bridgehead atoms. The van der Waals surface area contributed by atoms with Gasteiger partial charge < -0.3 is 9.73 Å². The standard InChI is InChI=1S/C21H11Cl3IN3O2S/c22-10-1-4-13(16(24)7-10)19(29)28-21(31)26-12-3-6-18-17(9-12)27-20(30-18)14-8-11(25)2-5-15(14)23/h1-9H,(H2,26,28,29,31). The molecule has 0 atom stereocenters. The van der Waals surface area contributed by atoms with Gasteiger partial charge in [0, 0.05) is 14.3 Å². The highest BCUT2D eigenvalue weighted by atomic mass is 127. The highest BCUT2D eigenvalue weighted by Gasteiger charge is 2.15. The van der Waals surface area contributed by atoms with Gasteiger partial charge in [-0.05, 0) is 89.4 Å². The number of fused-ring (bicyclic) bond motifs is 1. The first-order valence-corrected chi connectivity index (χ1v) is 11.4. The Bertz CT molecular complexity index is 1340. The molecule has 0 aliphatic rings. The molecule has 0 spiro atoms. The minimum absolute atomic E-state index is 0.111. The van der Waals surface area contributed by atoms with Crippen LogP contribution in [0.3, 0.4) is 0 Å². The van der Waals surface area contributed by atoms with E-state index in [9.17, 15) is 4.79 Å². The summed E-state index contributed by atoms with van der Waals surface area (Å²) in [5.41, 5.74) is 2.82. The van der Waals surface area contributed by atoms with E-state index in [1.54, 1.807) is 30.3 Å². The number of nitrogens with one attached hydrogen (secondary N) is 2. The third-order valence-electron chi connectivity index (χ3n) is 4.21. The number of amides is 1. The molecule has 3 aromatic carbocycles. The smallest absolute Gasteiger partial charge is 0.258 e. The molecule has 0 saturated heterocycles. The SMILES string of the molecule is O=C(NC(=S)Nc1ccc2oc(-c3cc(I)ccc3Cl)nc2c1)c1ccc(Cl)cc1Cl. The van der Waals surface area contributed by atoms with Gasteiger partial charge in [0.25, 0.3) is 5.91 Å². The quantitative estimate of drug-likeness (QED) is 0.192. The van der Waals surface area contributed by atoms with Crippen LogP contribution in [-0.2, 0) is 0 Å². The molecule has 4 rings (SSSR count). The van der Waals surface area contributed by atoms with E-state index in [2.05, 4.69) is 38.2 Å². The minimum Gasteiger partial charge on any atom is -0.436 e. The number of carbonyl (C=O) groups is 1. The number of aromatic nitrogens is 1. The Morgan fingerprint density at radius 1 is 1.00 bits per heavy atom. The Morgan fingerprint density at radius 2 is 1.81 bits per heavy atom. The first-order valence-electron chi connectivity index (χ1n) is 8.73. The van der Waals surface area contributed by atoms with Gasteiger partial charge in [0.05, 0.1) is 21.2 Å². The van der Waals surface area contributed by atoms with E-state index >= 15 is 0 Å². The Morgan fingerprint density at radius 3 is 2.58 bits per heavy atom. The number of thiocarbonyl (C=S) groups is 1. The summed E-state index contributed by atoms with van der Waals surface area (Å²) in [7, 11) is 0. The van der Waals surface area contributed by atoms with Crippen molar-refractivity contribution >= 4 is 97.4 Å². The lowest BCUT2D eigenvalue weighted by molar-refractivity contribution is 0.0978. The van der Waals surface area contributed by atoms with Gasteiger partial charge >= 0.3 is 0 Å². The fourth-order valence-corrected chi connectivity index (χ4v) is 4.18. The molecule has 0 radical (unpaired) electrons. The van der Waals surface area contributed by atoms with Gasteiger partial charge in [0.2, 0.25) is 5.89 Å². The van der Waals surface area contributed by atoms with Crippen LogP contribution in [0.15, 0.2) is 59.0 Å². The molecule has 0 saturated carbocycles. The normalized spacial score (nSPS) is 10.8. The highest BCUT2D eigenvalue weighted by Crippen LogP contribution is 2.32. The van der Waals surface area contributed by atoms with Crippen LogP contribution in [0.2, 0.25) is 15.1 Å². The van der Waals surface area contributed by atoms with E-state index in [0.717, 1.165) is 3.57 Å². The van der Waals surface area contributed by atoms with Crippen molar-refractivity contribution in [3.05, 3.63) is 78.8 Å². The lowest BCUT2D eigenvalue weighted by Crippen LogP contribution is -2.34. The van der Waals surface area contributed by atoms with E-state index in [4.69, 9.17) is 51.4 Å². The van der Waals surface area contributed by atoms with Crippen LogP contribution in [0.4, 0.5) is 5.69 Å². The van der Waals surface area contributed by atoms with Gasteiger partial charge in [-0.25, -0.2) is 4.98 Å². The first kappa shape index (κ1) is 22.3. The zero-order valence-corrected chi connectivity index (χ0v) is 20.6. The molecule has 31 heavy (non-hydrogen) atoms. The molecular weight excluding hydrogens is 592 g/mol. The van der Waals surface area contributed by atoms with Crippen molar-refractivity contribution in [2.45, 2.75) is 0 Å². The zero-order chi connectivity index (χ0) is 22.1. The molecule has 1 heterocycles. The van der Waals surface area contributed by atoms with Crippen molar-refractivity contribution in [3.63, 3.8) is 0 Å². The summed E-state index contributed by atoms with van der Waals surface area (Å²) >= 11 is 25.7. The van der Waals surface area contributed by atoms with Gasteiger partial charge in [-0.2, -0.15) is 0 Å². The Kier molecular flexibility index (Phi) is 6.68. The largest absolute Gasteiger partial charge is 0.436 e. The molecular formula is C21H11Cl3IN3O2S. The zero-order valence-electron chi connectivity index (χ0n) is 15.4. The van der Waals surface area contributed by atoms with Crippen molar-refractivity contribution in [2.24, 2.45) is 0 Å². The van der Waals surface area contributed by atoms with E-state index in [1.807, 2.05) is 12.1 Å². The molecule has 5 nitrogen and oxygen atoms in total. The molecule has 1 aromatic heterocycles. The maximum absolute atomic E-state index is 12.4. The number of rotatable bonds is 3. The molecule has 10 heteroatoms. The molecule has 2 N–H and O–H groups in total. The van der Waals surface area contributed by atoms with Crippen LogP contribution in [0.25, 0.3) is 22.6 Å². The maximum Gasteiger partial charge on any atom is 0.258 e. The first-order chi connectivity index (χ1) is 14.8. The van der Waals surface area contributed by atoms with Crippen LogP contribution in [0.1, 0.15) is 10.4 Å². The summed E-state index contributed by atoms with van der Waals surface area (Å²) in [4.78, 5) is 16.9. The summed E-state index contributed by atoms with van der Waals surface area (Å²) in [6, 6.07) is 15.5. The third-order valence-corrected chi connectivity index (χ3v) is 5.96. The van der Waals surface area contributed by atoms with Crippen LogP contribution in [0.5, 0.6) is 0 Å². The number of anilines is 1. The molecule has 0 aliphatic carbocycles. The minimum atomic E-state index is -0.447. The fraction of sp³-hybridized carbons (Fsp3) is 0. The summed E-state index contributed by atoms with van der Waals surface area (Å²) in [5, 5.41) is 6.88. The average molecular weight is 603 g/mol. The van der Waals surface area contributed by atoms with E-state index in [0.29, 0.717) is 38.3 Å². The third kappa shape index (κ3) is 5.12. The number of halogens is 4. The van der Waals surface area contributed by atoms with Gasteiger partial charge in [-0.1, -0.05) is 34.8 Å². The maximum atomic E-state index is 12.4. The molecule has 1 amide bonds. The van der Waals surface area contributed by atoms with Crippen LogP contribution >= 0.6 is 69.6 Å².